The SMILES string of the molecule is c1ccc2c(c1)sc1cccc(-c3cccc4c3sc3ccc(-n5c6ccc(-n7c8ccccc8c8ccccc87)cc6c6cc(-n7c8ccccc8c8ccccc87)ccc65)cc34)c12.c1ccc2c(c1)sc1cccc(-c3cccc4c3sc3ccc(-n5c6ccccc6c6cccnc65)cc34)c12. The largest absolute Gasteiger partial charge is 0.309 e. The van der Waals surface area contributed by atoms with Crippen molar-refractivity contribution in [2.45, 2.75) is 0 Å². The maximum Gasteiger partial charge on any atom is 0.145 e. The second-order valence-electron chi connectivity index (χ2n) is 27.2. The molecule has 0 saturated heterocycles. The smallest absolute Gasteiger partial charge is 0.145 e. The summed E-state index contributed by atoms with van der Waals surface area (Å²) in [7, 11) is 0. The highest BCUT2D eigenvalue weighted by molar-refractivity contribution is 7.27. The molecule has 15 aromatic carbocycles. The third-order valence-electron chi connectivity index (χ3n) is 21.7. The molecule has 0 aliphatic heterocycles. The number of para-hydroxylation sites is 5. The van der Waals surface area contributed by atoms with Crippen LogP contribution in [-0.2, 0) is 0 Å². The lowest BCUT2D eigenvalue weighted by Gasteiger charge is -2.11. The van der Waals surface area contributed by atoms with E-state index in [4.69, 9.17) is 4.98 Å². The molecule has 0 radical (unpaired) electrons. The molecule has 5 nitrogen and oxygen atoms in total. The Morgan fingerprint density at radius 2 is 0.500 bits per heavy atom. The van der Waals surface area contributed by atoms with Crippen LogP contribution in [0.2, 0.25) is 0 Å². The van der Waals surface area contributed by atoms with E-state index in [1.807, 2.05) is 57.6 Å². The molecule has 104 heavy (non-hydrogen) atoms. The van der Waals surface area contributed by atoms with Crippen LogP contribution < -0.4 is 0 Å². The van der Waals surface area contributed by atoms with Gasteiger partial charge in [-0.05, 0) is 151 Å². The number of thiophene rings is 4. The zero-order chi connectivity index (χ0) is 67.8. The minimum atomic E-state index is 0.995. The van der Waals surface area contributed by atoms with E-state index >= 15 is 0 Å². The van der Waals surface area contributed by atoms with Crippen LogP contribution in [0.25, 0.3) is 213 Å². The molecule has 484 valence electrons. The van der Waals surface area contributed by atoms with Gasteiger partial charge in [-0.2, -0.15) is 0 Å². The van der Waals surface area contributed by atoms with Gasteiger partial charge >= 0.3 is 0 Å². The van der Waals surface area contributed by atoms with Gasteiger partial charge in [-0.25, -0.2) is 4.98 Å². The molecule has 0 unspecified atom stereocenters. The van der Waals surface area contributed by atoms with Crippen LogP contribution >= 0.6 is 45.3 Å². The number of pyridine rings is 1. The Kier molecular flexibility index (Phi) is 12.6. The third-order valence-corrected chi connectivity index (χ3v) is 26.4. The van der Waals surface area contributed by atoms with Crippen LogP contribution in [0.15, 0.2) is 334 Å². The van der Waals surface area contributed by atoms with Gasteiger partial charge in [0.1, 0.15) is 5.65 Å². The summed E-state index contributed by atoms with van der Waals surface area (Å²) < 4.78 is 20.3. The van der Waals surface area contributed by atoms with E-state index in [2.05, 4.69) is 340 Å². The van der Waals surface area contributed by atoms with Crippen molar-refractivity contribution in [2.24, 2.45) is 0 Å². The molecule has 0 atom stereocenters. The van der Waals surface area contributed by atoms with E-state index in [9.17, 15) is 0 Å². The first-order valence-electron chi connectivity index (χ1n) is 35.2. The van der Waals surface area contributed by atoms with Crippen molar-refractivity contribution in [3.05, 3.63) is 334 Å². The fourth-order valence-corrected chi connectivity index (χ4v) is 22.0. The van der Waals surface area contributed by atoms with Gasteiger partial charge in [-0.1, -0.05) is 188 Å². The minimum absolute atomic E-state index is 0.995. The monoisotopic (exact) mass is 1390 g/mol. The maximum atomic E-state index is 4.79. The van der Waals surface area contributed by atoms with Gasteiger partial charge < -0.3 is 13.7 Å². The second-order valence-corrected chi connectivity index (χ2v) is 31.5. The molecular weight excluding hydrogens is 1340 g/mol. The van der Waals surface area contributed by atoms with Gasteiger partial charge in [0.05, 0.1) is 38.6 Å². The summed E-state index contributed by atoms with van der Waals surface area (Å²) in [5, 5.41) is 20.5. The average Bonchev–Trinajstić information content (AvgIpc) is 1.58. The third kappa shape index (κ3) is 8.49. The number of nitrogens with zero attached hydrogens (tertiary/aromatic N) is 5. The number of hydrogen-bond donors (Lipinski definition) is 0. The molecule has 9 aromatic heterocycles. The van der Waals surface area contributed by atoms with Crippen molar-refractivity contribution in [1.29, 1.82) is 0 Å². The summed E-state index contributed by atoms with van der Waals surface area (Å²) >= 11 is 7.56. The van der Waals surface area contributed by atoms with Crippen molar-refractivity contribution < 1.29 is 0 Å². The molecule has 0 aliphatic carbocycles. The van der Waals surface area contributed by atoms with Crippen LogP contribution in [0, 0.1) is 0 Å². The zero-order valence-corrected chi connectivity index (χ0v) is 58.9. The summed E-state index contributed by atoms with van der Waals surface area (Å²) in [6.07, 6.45) is 1.89. The van der Waals surface area contributed by atoms with Gasteiger partial charge in [0.25, 0.3) is 0 Å². The normalized spacial score (nSPS) is 12.2. The molecule has 9 heterocycles. The van der Waals surface area contributed by atoms with E-state index in [0.29, 0.717) is 0 Å². The van der Waals surface area contributed by atoms with Crippen molar-refractivity contribution in [2.75, 3.05) is 0 Å². The lowest BCUT2D eigenvalue weighted by Crippen LogP contribution is -1.96. The topological polar surface area (TPSA) is 32.6 Å². The van der Waals surface area contributed by atoms with E-state index in [1.165, 1.54) is 185 Å². The standard InChI is InChI=1S/C60H35N3S2.C35H20N2S2/c1-6-21-50-39(13-1)40-14-2-7-22-51(40)61(50)36-27-30-54-47(33-36)48-34-37(62-52-23-8-3-15-41(52)42-16-4-9-24-53(42)62)28-31-55(48)63(54)38-29-32-57-49(35-38)45-20-11-19-44(60(45)65-57)43-18-12-26-58-59(43)46-17-5-10-25-56(46)64-58;1-3-14-29-22(8-1)26-13-7-19-36-35(26)37(29)21-17-18-31-28(20-21)25-12-5-11-24(34(25)39-31)23-10-6-16-32-33(23)27-9-2-4-15-30(27)38-32/h1-35H;1-20H. The molecule has 24 rings (SSSR count). The summed E-state index contributed by atoms with van der Waals surface area (Å²) in [5.41, 5.74) is 19.2. The number of fused-ring (bicyclic) bond motifs is 24. The summed E-state index contributed by atoms with van der Waals surface area (Å²) in [6.45, 7) is 0. The van der Waals surface area contributed by atoms with Crippen LogP contribution in [0.5, 0.6) is 0 Å². The Hall–Kier alpha value is -12.5. The molecular formula is C95H55N5S4. The zero-order valence-electron chi connectivity index (χ0n) is 55.6. The lowest BCUT2D eigenvalue weighted by atomic mass is 9.98. The van der Waals surface area contributed by atoms with Gasteiger partial charge in [0.2, 0.25) is 0 Å². The molecule has 0 spiro atoms. The molecule has 0 bridgehead atoms. The van der Waals surface area contributed by atoms with Crippen molar-refractivity contribution in [1.82, 2.24) is 23.3 Å². The van der Waals surface area contributed by atoms with Crippen molar-refractivity contribution in [3.63, 3.8) is 0 Å². The average molecular weight is 1390 g/mol. The number of benzene rings is 15. The highest BCUT2D eigenvalue weighted by Gasteiger charge is 2.23. The highest BCUT2D eigenvalue weighted by Crippen LogP contribution is 2.50. The number of hydrogen-bond acceptors (Lipinski definition) is 5. The second kappa shape index (κ2) is 22.5. The Bertz CT molecular complexity index is 7440. The van der Waals surface area contributed by atoms with Gasteiger partial charge in [-0.3, -0.25) is 4.57 Å². The summed E-state index contributed by atoms with van der Waals surface area (Å²) in [5.74, 6) is 0. The van der Waals surface area contributed by atoms with E-state index in [-0.39, 0.29) is 0 Å². The van der Waals surface area contributed by atoms with Gasteiger partial charge in [0.15, 0.2) is 0 Å². The predicted molar refractivity (Wildman–Crippen MR) is 450 cm³/mol. The van der Waals surface area contributed by atoms with Crippen LogP contribution in [0.4, 0.5) is 0 Å². The highest BCUT2D eigenvalue weighted by atomic mass is 32.1. The molecule has 24 aromatic rings. The number of aromatic nitrogens is 5. The maximum absolute atomic E-state index is 4.79. The van der Waals surface area contributed by atoms with E-state index in [0.717, 1.165) is 28.4 Å². The first-order valence-corrected chi connectivity index (χ1v) is 38.5. The molecule has 9 heteroatoms. The molecule has 0 aliphatic rings. The lowest BCUT2D eigenvalue weighted by molar-refractivity contribution is 1.14. The van der Waals surface area contributed by atoms with Crippen LogP contribution in [0.3, 0.4) is 0 Å². The number of rotatable bonds is 6. The Balaban J connectivity index is 0.000000144. The van der Waals surface area contributed by atoms with E-state index < -0.39 is 0 Å². The van der Waals surface area contributed by atoms with Gasteiger partial charge in [-0.15, -0.1) is 45.3 Å². The fraction of sp³-hybridized carbons (Fsp3) is 0. The molecule has 0 N–H and O–H groups in total. The molecule has 0 amide bonds. The van der Waals surface area contributed by atoms with E-state index in [1.54, 1.807) is 0 Å². The summed E-state index contributed by atoms with van der Waals surface area (Å²) in [4.78, 5) is 4.79. The minimum Gasteiger partial charge on any atom is -0.309 e. The van der Waals surface area contributed by atoms with Crippen LogP contribution in [-0.4, -0.2) is 23.3 Å². The Morgan fingerprint density at radius 1 is 0.192 bits per heavy atom. The van der Waals surface area contributed by atoms with Gasteiger partial charge in [0, 0.05) is 164 Å². The first kappa shape index (κ1) is 58.2. The first-order chi connectivity index (χ1) is 51.6. The Morgan fingerprint density at radius 3 is 0.952 bits per heavy atom. The molecule has 0 saturated carbocycles. The predicted octanol–water partition coefficient (Wildman–Crippen LogP) is 28.0. The summed E-state index contributed by atoms with van der Waals surface area (Å²) in [6, 6.07) is 121. The fourth-order valence-electron chi connectivity index (χ4n) is 17.3. The van der Waals surface area contributed by atoms with Crippen molar-refractivity contribution >= 4 is 213 Å². The Labute approximate surface area is 610 Å². The quantitative estimate of drug-likeness (QED) is 0.163. The molecule has 0 fully saturated rings. The van der Waals surface area contributed by atoms with Crippen molar-refractivity contribution in [3.8, 4) is 45.0 Å². The van der Waals surface area contributed by atoms with Crippen LogP contribution in [0.1, 0.15) is 0 Å².